The lowest BCUT2D eigenvalue weighted by Gasteiger charge is -2.26. The second-order valence-corrected chi connectivity index (χ2v) is 7.51. The van der Waals surface area contributed by atoms with E-state index in [0.29, 0.717) is 17.9 Å². The van der Waals surface area contributed by atoms with Crippen LogP contribution in [0.15, 0.2) is 29.2 Å². The molecule has 1 saturated carbocycles. The van der Waals surface area contributed by atoms with Crippen molar-refractivity contribution in [2.24, 2.45) is 5.92 Å². The van der Waals surface area contributed by atoms with Crippen LogP contribution in [0.3, 0.4) is 0 Å². The average Bonchev–Trinajstić information content (AvgIpc) is 3.06. The molecule has 1 heterocycles. The first-order chi connectivity index (χ1) is 10.1. The van der Waals surface area contributed by atoms with Crippen molar-refractivity contribution in [3.8, 4) is 6.07 Å². The van der Waals surface area contributed by atoms with Gasteiger partial charge in [0.2, 0.25) is 10.0 Å². The molecular formula is C15H16N2O3S. The van der Waals surface area contributed by atoms with E-state index < -0.39 is 16.1 Å². The largest absolute Gasteiger partial charge is 0.302 e. The van der Waals surface area contributed by atoms with Gasteiger partial charge >= 0.3 is 0 Å². The molecule has 0 N–H and O–H groups in total. The highest BCUT2D eigenvalue weighted by molar-refractivity contribution is 7.89. The number of fused-ring (bicyclic) bond motifs is 1. The number of carbonyl (C=O) groups excluding carboxylic acids is 1. The quantitative estimate of drug-likeness (QED) is 0.796. The van der Waals surface area contributed by atoms with E-state index in [-0.39, 0.29) is 10.9 Å². The van der Waals surface area contributed by atoms with E-state index in [2.05, 4.69) is 0 Å². The van der Waals surface area contributed by atoms with Crippen LogP contribution in [0.2, 0.25) is 0 Å². The Morgan fingerprint density at radius 1 is 1.24 bits per heavy atom. The maximum absolute atomic E-state index is 12.8. The maximum Gasteiger partial charge on any atom is 0.243 e. The van der Waals surface area contributed by atoms with Crippen LogP contribution in [0.4, 0.5) is 0 Å². The number of nitriles is 1. The van der Waals surface area contributed by atoms with Crippen LogP contribution in [0.5, 0.6) is 0 Å². The number of benzene rings is 1. The number of carbonyl (C=O) groups is 1. The summed E-state index contributed by atoms with van der Waals surface area (Å²) in [6.45, 7) is 0. The van der Waals surface area contributed by atoms with Gasteiger partial charge in [0.05, 0.1) is 22.6 Å². The van der Waals surface area contributed by atoms with Crippen LogP contribution >= 0.6 is 0 Å². The molecule has 0 unspecified atom stereocenters. The summed E-state index contributed by atoms with van der Waals surface area (Å²) in [6, 6.07) is 7.23. The highest BCUT2D eigenvalue weighted by Crippen LogP contribution is 2.43. The zero-order valence-electron chi connectivity index (χ0n) is 11.5. The van der Waals surface area contributed by atoms with Gasteiger partial charge in [-0.1, -0.05) is 6.42 Å². The Morgan fingerprint density at radius 2 is 1.95 bits per heavy atom. The molecule has 21 heavy (non-hydrogen) atoms. The molecule has 1 aliphatic heterocycles. The standard InChI is InChI=1S/C15H16N2O3S/c16-9-11-4-6-14(7-5-11)21(19,20)17-13(10-18)8-12-2-1-3-15(12)17/h4-7,10,12-13,15H,1-3,8H2/t12-,13-,15-/m1/s1. The monoisotopic (exact) mass is 304 g/mol. The number of aldehydes is 1. The molecule has 6 heteroatoms. The highest BCUT2D eigenvalue weighted by Gasteiger charge is 2.49. The molecule has 5 nitrogen and oxygen atoms in total. The van der Waals surface area contributed by atoms with E-state index in [0.717, 1.165) is 25.5 Å². The molecule has 1 aromatic carbocycles. The summed E-state index contributed by atoms with van der Waals surface area (Å²) in [6.07, 6.45) is 4.21. The SMILES string of the molecule is N#Cc1ccc(S(=O)(=O)N2[C@@H]3CCC[C@@H]3C[C@@H]2C=O)cc1. The first kappa shape index (κ1) is 14.2. The Hall–Kier alpha value is -1.71. The predicted octanol–water partition coefficient (Wildman–Crippen LogP) is 1.69. The van der Waals surface area contributed by atoms with Crippen LogP contribution in [0.1, 0.15) is 31.2 Å². The fourth-order valence-corrected chi connectivity index (χ4v) is 5.43. The van der Waals surface area contributed by atoms with Crippen molar-refractivity contribution in [3.63, 3.8) is 0 Å². The molecule has 110 valence electrons. The van der Waals surface area contributed by atoms with Crippen molar-refractivity contribution < 1.29 is 13.2 Å². The van der Waals surface area contributed by atoms with Crippen molar-refractivity contribution in [1.29, 1.82) is 5.26 Å². The van der Waals surface area contributed by atoms with Gasteiger partial charge in [0.15, 0.2) is 0 Å². The number of nitrogens with zero attached hydrogens (tertiary/aromatic N) is 2. The van der Waals surface area contributed by atoms with Crippen molar-refractivity contribution in [1.82, 2.24) is 4.31 Å². The predicted molar refractivity (Wildman–Crippen MR) is 75.8 cm³/mol. The molecular weight excluding hydrogens is 288 g/mol. The molecule has 3 atom stereocenters. The minimum absolute atomic E-state index is 0.0548. The van der Waals surface area contributed by atoms with Gasteiger partial charge in [0, 0.05) is 6.04 Å². The first-order valence-electron chi connectivity index (χ1n) is 7.07. The third kappa shape index (κ3) is 2.27. The van der Waals surface area contributed by atoms with E-state index >= 15 is 0 Å². The Bertz CT molecular complexity index is 691. The summed E-state index contributed by atoms with van der Waals surface area (Å²) >= 11 is 0. The zero-order chi connectivity index (χ0) is 15.0. The van der Waals surface area contributed by atoms with Crippen molar-refractivity contribution >= 4 is 16.3 Å². The molecule has 1 saturated heterocycles. The van der Waals surface area contributed by atoms with Crippen molar-refractivity contribution in [2.45, 2.75) is 42.7 Å². The van der Waals surface area contributed by atoms with Crippen LogP contribution < -0.4 is 0 Å². The zero-order valence-corrected chi connectivity index (χ0v) is 12.3. The van der Waals surface area contributed by atoms with E-state index in [1.807, 2.05) is 6.07 Å². The lowest BCUT2D eigenvalue weighted by molar-refractivity contribution is -0.110. The summed E-state index contributed by atoms with van der Waals surface area (Å²) in [5.74, 6) is 0.299. The molecule has 0 aromatic heterocycles. The summed E-state index contributed by atoms with van der Waals surface area (Å²) < 4.78 is 27.1. The van der Waals surface area contributed by atoms with Crippen LogP contribution in [-0.2, 0) is 14.8 Å². The Balaban J connectivity index is 1.99. The van der Waals surface area contributed by atoms with E-state index in [1.54, 1.807) is 0 Å². The molecule has 1 aromatic rings. The number of sulfonamides is 1. The van der Waals surface area contributed by atoms with Crippen LogP contribution in [0, 0.1) is 17.2 Å². The maximum atomic E-state index is 12.8. The van der Waals surface area contributed by atoms with Gasteiger partial charge < -0.3 is 4.79 Å². The summed E-state index contributed by atoms with van der Waals surface area (Å²) in [5.41, 5.74) is 0.418. The molecule has 0 amide bonds. The molecule has 1 aliphatic carbocycles. The summed E-state index contributed by atoms with van der Waals surface area (Å²) in [4.78, 5) is 11.4. The summed E-state index contributed by atoms with van der Waals surface area (Å²) in [7, 11) is -3.69. The van der Waals surface area contributed by atoms with Crippen LogP contribution in [-0.4, -0.2) is 31.1 Å². The summed E-state index contributed by atoms with van der Waals surface area (Å²) in [5, 5.41) is 8.79. The average molecular weight is 304 g/mol. The van der Waals surface area contributed by atoms with Crippen molar-refractivity contribution in [3.05, 3.63) is 29.8 Å². The number of hydrogen-bond donors (Lipinski definition) is 0. The van der Waals surface area contributed by atoms with Crippen molar-refractivity contribution in [2.75, 3.05) is 0 Å². The Morgan fingerprint density at radius 3 is 2.57 bits per heavy atom. The van der Waals surface area contributed by atoms with Gasteiger partial charge in [0.1, 0.15) is 6.29 Å². The first-order valence-corrected chi connectivity index (χ1v) is 8.51. The number of hydrogen-bond acceptors (Lipinski definition) is 4. The van der Waals surface area contributed by atoms with E-state index in [4.69, 9.17) is 5.26 Å². The minimum atomic E-state index is -3.69. The number of rotatable bonds is 3. The highest BCUT2D eigenvalue weighted by atomic mass is 32.2. The second kappa shape index (κ2) is 5.24. The molecule has 2 aliphatic rings. The normalized spacial score (nSPS) is 29.0. The lowest BCUT2D eigenvalue weighted by atomic mass is 10.0. The fourth-order valence-electron chi connectivity index (χ4n) is 3.58. The van der Waals surface area contributed by atoms with Gasteiger partial charge in [-0.05, 0) is 49.4 Å². The smallest absolute Gasteiger partial charge is 0.243 e. The minimum Gasteiger partial charge on any atom is -0.302 e. The van der Waals surface area contributed by atoms with Crippen LogP contribution in [0.25, 0.3) is 0 Å². The Labute approximate surface area is 124 Å². The third-order valence-electron chi connectivity index (χ3n) is 4.53. The molecule has 3 rings (SSSR count). The lowest BCUT2D eigenvalue weighted by Crippen LogP contribution is -2.41. The fraction of sp³-hybridized carbons (Fsp3) is 0.467. The van der Waals surface area contributed by atoms with Gasteiger partial charge in [-0.15, -0.1) is 0 Å². The molecule has 0 radical (unpaired) electrons. The second-order valence-electron chi connectivity index (χ2n) is 5.67. The molecule has 0 bridgehead atoms. The molecule has 2 fully saturated rings. The topological polar surface area (TPSA) is 78.2 Å². The van der Waals surface area contributed by atoms with E-state index in [9.17, 15) is 13.2 Å². The van der Waals surface area contributed by atoms with Gasteiger partial charge in [0.25, 0.3) is 0 Å². The Kier molecular flexibility index (Phi) is 3.56. The van der Waals surface area contributed by atoms with E-state index in [1.165, 1.54) is 28.6 Å². The third-order valence-corrected chi connectivity index (χ3v) is 6.50. The van der Waals surface area contributed by atoms with Gasteiger partial charge in [-0.25, -0.2) is 8.42 Å². The van der Waals surface area contributed by atoms with Gasteiger partial charge in [-0.3, -0.25) is 0 Å². The molecule has 0 spiro atoms. The van der Waals surface area contributed by atoms with Gasteiger partial charge in [-0.2, -0.15) is 9.57 Å².